The molecule has 0 aliphatic rings. The molecule has 0 radical (unpaired) electrons. The summed E-state index contributed by atoms with van der Waals surface area (Å²) in [6.07, 6.45) is -1.94. The van der Waals surface area contributed by atoms with Crippen molar-refractivity contribution in [3.63, 3.8) is 0 Å². The first-order valence-corrected chi connectivity index (χ1v) is 30.7. The number of esters is 3. The van der Waals surface area contributed by atoms with Crippen molar-refractivity contribution in [3.05, 3.63) is 45.7 Å². The second-order valence-electron chi connectivity index (χ2n) is 20.9. The Kier molecular flexibility index (Phi) is 32.7. The van der Waals surface area contributed by atoms with Crippen molar-refractivity contribution in [2.24, 2.45) is 0 Å². The second-order valence-corrected chi connectivity index (χ2v) is 35.2. The van der Waals surface area contributed by atoms with E-state index in [0.29, 0.717) is 13.2 Å². The van der Waals surface area contributed by atoms with Gasteiger partial charge in [-0.15, -0.1) is 0 Å². The van der Waals surface area contributed by atoms with Crippen molar-refractivity contribution < 1.29 is 56.9 Å². The van der Waals surface area contributed by atoms with Gasteiger partial charge in [0.2, 0.25) is 26.2 Å². The third kappa shape index (κ3) is 34.3. The minimum absolute atomic E-state index is 0.0335. The summed E-state index contributed by atoms with van der Waals surface area (Å²) < 4.78 is 32.9. The summed E-state index contributed by atoms with van der Waals surface area (Å²) in [5.41, 5.74) is -0.503. The van der Waals surface area contributed by atoms with Gasteiger partial charge < -0.3 is 57.1 Å². The monoisotopic (exact) mass is 971 g/mol. The minimum atomic E-state index is -1.98. The number of aliphatic hydroxyl groups excluding tert-OH is 1. The van der Waals surface area contributed by atoms with Crippen LogP contribution in [0.4, 0.5) is 0 Å². The van der Waals surface area contributed by atoms with Crippen molar-refractivity contribution >= 4 is 48.8 Å². The lowest BCUT2D eigenvalue weighted by atomic mass is 10.2. The number of carbonyl (C=O) groups is 4. The first-order chi connectivity index (χ1) is 29.2. The van der Waals surface area contributed by atoms with Gasteiger partial charge in [-0.25, -0.2) is 26.3 Å². The van der Waals surface area contributed by atoms with Crippen LogP contribution in [0, 0.1) is 26.3 Å². The van der Waals surface area contributed by atoms with Crippen molar-refractivity contribution in [2.75, 3.05) is 39.4 Å². The molecule has 0 saturated heterocycles. The zero-order chi connectivity index (χ0) is 52.3. The lowest BCUT2D eigenvalue weighted by Gasteiger charge is -2.38. The van der Waals surface area contributed by atoms with Crippen molar-refractivity contribution in [2.45, 2.75) is 207 Å². The molecule has 0 saturated carbocycles. The molecule has 0 heterocycles. The van der Waals surface area contributed by atoms with Crippen LogP contribution in [0.1, 0.15) is 123 Å². The lowest BCUT2D eigenvalue weighted by Crippen LogP contribution is -2.45. The fraction of sp³-hybridized carbons (Fsp3) is 0.826. The van der Waals surface area contributed by atoms with E-state index in [-0.39, 0.29) is 91.1 Å². The van der Waals surface area contributed by atoms with Gasteiger partial charge in [0.05, 0.1) is 38.9 Å². The van der Waals surface area contributed by atoms with Crippen LogP contribution in [0.2, 0.25) is 54.4 Å². The zero-order valence-electron chi connectivity index (χ0n) is 43.6. The van der Waals surface area contributed by atoms with E-state index in [4.69, 9.17) is 59.3 Å². The molecule has 0 aromatic heterocycles. The highest BCUT2D eigenvalue weighted by Gasteiger charge is 2.42. The van der Waals surface area contributed by atoms with Crippen LogP contribution >= 0.6 is 0 Å². The van der Waals surface area contributed by atoms with Gasteiger partial charge in [0.25, 0.3) is 0 Å². The molecule has 0 fully saturated rings. The lowest BCUT2D eigenvalue weighted by molar-refractivity contribution is -0.156. The average molecular weight is 971 g/mol. The fourth-order valence-electron chi connectivity index (χ4n) is 4.27. The number of hydrogen-bond acceptors (Lipinski definition) is 11. The van der Waals surface area contributed by atoms with Crippen LogP contribution < -0.4 is 0 Å². The number of carbonyl (C=O) groups excluding carboxylic acids is 3. The second kappa shape index (κ2) is 31.3. The molecule has 0 aromatic carbocycles. The first-order valence-electron chi connectivity index (χ1n) is 22.0. The van der Waals surface area contributed by atoms with Crippen LogP contribution in [-0.2, 0) is 46.7 Å². The van der Waals surface area contributed by atoms with E-state index >= 15 is 0 Å². The number of aliphatic hydroxyl groups is 1. The van der Waals surface area contributed by atoms with Gasteiger partial charge in [0.1, 0.15) is 30.0 Å². The van der Waals surface area contributed by atoms with Gasteiger partial charge in [-0.3, -0.25) is 19.2 Å². The Morgan fingerprint density at radius 1 is 0.492 bits per heavy atom. The van der Waals surface area contributed by atoms with Crippen LogP contribution in [0.15, 0.2) is 0 Å². The molecule has 16 nitrogen and oxygen atoms in total. The maximum atomic E-state index is 11.9. The molecule has 0 aromatic rings. The summed E-state index contributed by atoms with van der Waals surface area (Å²) in [4.78, 5) is 57.6. The van der Waals surface area contributed by atoms with Crippen LogP contribution in [0.3, 0.4) is 0 Å². The molecule has 0 rings (SSSR count). The van der Waals surface area contributed by atoms with Gasteiger partial charge in [-0.1, -0.05) is 62.3 Å². The van der Waals surface area contributed by atoms with Crippen LogP contribution in [-0.4, -0.2) is 128 Å². The van der Waals surface area contributed by atoms with Gasteiger partial charge in [-0.2, -0.15) is 0 Å². The Bertz CT molecular complexity index is 1600. The Morgan fingerprint density at radius 3 is 1.02 bits per heavy atom. The number of ether oxygens (including phenoxy) is 3. The molecular formula is C46H86N4O12Si3. The number of hydrogen-bond donors (Lipinski definition) is 2. The molecule has 0 amide bonds. The standard InChI is InChI=1S/C15H29NO3Si.C13H25NO3Si.C11H21NO3Si.C7H11NO3/c1-14(2,3)18-13(17)10-12(11-16-7)19-20(8,9)15(4,5)6;1-8-16-12(15)9-11(10-14-5)17-18(6,7)13(2,3)4;1-11(2,3)16(5,6)15-9(8-12-4)7-10(13)14;1-3-11-7(10)4-6(9)5-8-2/h12H,10-11H2,1-6,8-9H3;11H,8-10H2,1-4,6-7H3;9H,7-8H2,1-3,5-6H3,(H,13,14);6,9H,3-5H2,1H3/t12-;11-;9-;6-/m0000/s1. The number of aliphatic carboxylic acids is 1. The summed E-state index contributed by atoms with van der Waals surface area (Å²) >= 11 is 0. The van der Waals surface area contributed by atoms with Crippen molar-refractivity contribution in [3.8, 4) is 0 Å². The van der Waals surface area contributed by atoms with Crippen LogP contribution in [0.25, 0.3) is 19.4 Å². The summed E-state index contributed by atoms with van der Waals surface area (Å²) in [6, 6.07) is 0. The Labute approximate surface area is 396 Å². The molecule has 65 heavy (non-hydrogen) atoms. The minimum Gasteiger partial charge on any atom is -0.481 e. The van der Waals surface area contributed by atoms with E-state index in [1.165, 1.54) is 0 Å². The highest BCUT2D eigenvalue weighted by molar-refractivity contribution is 6.75. The average Bonchev–Trinajstić information content (AvgIpc) is 3.06. The topological polar surface area (TPSA) is 182 Å². The Balaban J connectivity index is -0.000000389. The SMILES string of the molecule is [C-]#[N+]C[C@@H](O)CC(=O)OCC.[C-]#[N+]C[C@H](CC(=O)O)O[Si](C)(C)C(C)(C)C.[C-]#[N+]C[C@H](CC(=O)OC(C)(C)C)O[Si](C)(C)C(C)(C)C.[C-]#[N+]C[C@H](CC(=O)OCC)O[Si](C)(C)C(C)(C)C. The summed E-state index contributed by atoms with van der Waals surface area (Å²) in [5.74, 6) is -1.95. The molecule has 2 N–H and O–H groups in total. The number of nitrogens with zero attached hydrogens (tertiary/aromatic N) is 4. The summed E-state index contributed by atoms with van der Waals surface area (Å²) in [5, 5.41) is 17.8. The molecule has 4 atom stereocenters. The van der Waals surface area contributed by atoms with Gasteiger partial charge in [0.15, 0.2) is 25.0 Å². The van der Waals surface area contributed by atoms with Crippen molar-refractivity contribution in [1.82, 2.24) is 0 Å². The quantitative estimate of drug-likeness (QED) is 0.0511. The maximum absolute atomic E-state index is 11.9. The molecule has 0 bridgehead atoms. The summed E-state index contributed by atoms with van der Waals surface area (Å²) in [6.45, 7) is 69.0. The van der Waals surface area contributed by atoms with Gasteiger partial charge in [-0.05, 0) is 89.0 Å². The Morgan fingerprint density at radius 2 is 0.769 bits per heavy atom. The maximum Gasteiger partial charge on any atom is 0.309 e. The number of carboxylic acid groups (broad SMARTS) is 1. The largest absolute Gasteiger partial charge is 0.481 e. The molecule has 19 heteroatoms. The number of carboxylic acids is 1. The molecule has 0 spiro atoms. The Hall–Kier alpha value is -3.67. The van der Waals surface area contributed by atoms with E-state index in [1.54, 1.807) is 13.8 Å². The molecule has 0 unspecified atom stereocenters. The predicted molar refractivity (Wildman–Crippen MR) is 263 cm³/mol. The first kappa shape index (κ1) is 67.9. The molecular weight excluding hydrogens is 885 g/mol. The van der Waals surface area contributed by atoms with E-state index in [1.807, 2.05) is 20.8 Å². The smallest absolute Gasteiger partial charge is 0.309 e. The fourth-order valence-corrected chi connectivity index (χ4v) is 8.30. The third-order valence-corrected chi connectivity index (χ3v) is 24.2. The normalized spacial score (nSPS) is 13.8. The van der Waals surface area contributed by atoms with Crippen molar-refractivity contribution in [1.29, 1.82) is 0 Å². The van der Waals surface area contributed by atoms with E-state index in [9.17, 15) is 19.2 Å². The van der Waals surface area contributed by atoms with Crippen LogP contribution in [0.5, 0.6) is 0 Å². The molecule has 0 aliphatic heterocycles. The molecule has 374 valence electrons. The highest BCUT2D eigenvalue weighted by atomic mass is 28.4. The van der Waals surface area contributed by atoms with E-state index in [0.717, 1.165) is 0 Å². The third-order valence-electron chi connectivity index (χ3n) is 10.6. The predicted octanol–water partition coefficient (Wildman–Crippen LogP) is 10.3. The molecule has 0 aliphatic carbocycles. The summed E-state index contributed by atoms with van der Waals surface area (Å²) in [7, 11) is -5.91. The van der Waals surface area contributed by atoms with Gasteiger partial charge >= 0.3 is 23.9 Å². The zero-order valence-corrected chi connectivity index (χ0v) is 46.6. The van der Waals surface area contributed by atoms with E-state index in [2.05, 4.69) is 126 Å². The van der Waals surface area contributed by atoms with Gasteiger partial charge in [0, 0.05) is 0 Å². The van der Waals surface area contributed by atoms with E-state index < -0.39 is 54.7 Å². The number of rotatable bonds is 20. The highest BCUT2D eigenvalue weighted by Crippen LogP contribution is 2.39.